The number of halogens is 2. The van der Waals surface area contributed by atoms with Crippen molar-refractivity contribution in [3.63, 3.8) is 0 Å². The van der Waals surface area contributed by atoms with E-state index in [1.165, 1.54) is 33.6 Å². The van der Waals surface area contributed by atoms with Crippen LogP contribution in [0.3, 0.4) is 0 Å². The van der Waals surface area contributed by atoms with Crippen LogP contribution in [0.2, 0.25) is 7.87 Å². The fourth-order valence-electron chi connectivity index (χ4n) is 4.37. The molecule has 0 fully saturated rings. The summed E-state index contributed by atoms with van der Waals surface area (Å²) in [4.78, 5) is 4.24. The molecule has 0 spiro atoms. The van der Waals surface area contributed by atoms with Gasteiger partial charge in [0.05, 0.1) is 0 Å². The van der Waals surface area contributed by atoms with Crippen molar-refractivity contribution in [1.29, 1.82) is 0 Å². The number of hydrogen-bond acceptors (Lipinski definition) is 2. The van der Waals surface area contributed by atoms with Crippen molar-refractivity contribution in [2.45, 2.75) is 20.7 Å². The third-order valence-electron chi connectivity index (χ3n) is 6.43. The first kappa shape index (κ1) is 24.5. The van der Waals surface area contributed by atoms with Crippen LogP contribution in [0.1, 0.15) is 11.1 Å². The van der Waals surface area contributed by atoms with E-state index in [9.17, 15) is 0 Å². The molecule has 0 radical (unpaired) electrons. The van der Waals surface area contributed by atoms with Crippen molar-refractivity contribution in [1.82, 2.24) is 0 Å². The molecule has 0 N–H and O–H groups in total. The third-order valence-corrected chi connectivity index (χ3v) is 20.3. The molecule has 33 heavy (non-hydrogen) atoms. The average Bonchev–Trinajstić information content (AvgIpc) is 3.45. The van der Waals surface area contributed by atoms with Gasteiger partial charge in [0.25, 0.3) is 0 Å². The molecule has 2 unspecified atom stereocenters. The second kappa shape index (κ2) is 10.3. The Balaban J connectivity index is 1.40. The van der Waals surface area contributed by atoms with Gasteiger partial charge >= 0.3 is 211 Å². The third kappa shape index (κ3) is 5.90. The molecule has 0 bridgehead atoms. The Kier molecular flexibility index (Phi) is 7.67. The predicted molar refractivity (Wildman–Crippen MR) is 148 cm³/mol. The minimum absolute atomic E-state index is 0.198. The zero-order valence-electron chi connectivity index (χ0n) is 19.8. The summed E-state index contributed by atoms with van der Waals surface area (Å²) in [5.41, 5.74) is 7.68. The SMILES string of the molecule is CN(C)c1ccc(CC2=C[CH]([Sn]([Cl])([Cl])[CH]3C=CC(Cc4ccc(N(C)C)cc4)=C3)C=C2)cc1. The van der Waals surface area contributed by atoms with Crippen molar-refractivity contribution in [3.8, 4) is 0 Å². The van der Waals surface area contributed by atoms with Crippen molar-refractivity contribution < 1.29 is 0 Å². The molecule has 2 aromatic rings. The summed E-state index contributed by atoms with van der Waals surface area (Å²) in [6.45, 7) is 0. The van der Waals surface area contributed by atoms with Gasteiger partial charge in [-0.1, -0.05) is 0 Å². The molecule has 2 nitrogen and oxygen atoms in total. The van der Waals surface area contributed by atoms with Crippen LogP contribution in [-0.4, -0.2) is 44.3 Å². The van der Waals surface area contributed by atoms with E-state index in [2.05, 4.69) is 123 Å². The summed E-state index contributed by atoms with van der Waals surface area (Å²) in [5, 5.41) is 0. The first-order valence-electron chi connectivity index (χ1n) is 11.4. The predicted octanol–water partition coefficient (Wildman–Crippen LogP) is 7.26. The number of nitrogens with zero attached hydrogens (tertiary/aromatic N) is 2. The van der Waals surface area contributed by atoms with Crippen molar-refractivity contribution in [2.24, 2.45) is 0 Å². The summed E-state index contributed by atoms with van der Waals surface area (Å²) >= 11 is -3.47. The molecule has 0 heterocycles. The van der Waals surface area contributed by atoms with E-state index < -0.39 is 16.1 Å². The molecule has 0 saturated carbocycles. The Morgan fingerprint density at radius 3 is 1.33 bits per heavy atom. The summed E-state index contributed by atoms with van der Waals surface area (Å²) in [6.07, 6.45) is 15.4. The normalized spacial score (nSPS) is 19.6. The number of rotatable bonds is 8. The number of benzene rings is 2. The molecule has 2 aliphatic carbocycles. The minimum atomic E-state index is -3.47. The molecule has 2 atom stereocenters. The van der Waals surface area contributed by atoms with Crippen LogP contribution in [0.15, 0.2) is 96.1 Å². The van der Waals surface area contributed by atoms with Gasteiger partial charge in [-0.2, -0.15) is 0 Å². The standard InChI is InChI=1S/2C14H16N.2ClH.Sn/c2*1-15(2)14-9-7-13(8-10-14)11-12-5-3-4-6-12;;;/h2*3-10H,11H2,1-2H3;2*1H;/q;;;;+2/p-2. The number of hydrogen-bond donors (Lipinski definition) is 0. The van der Waals surface area contributed by atoms with Crippen molar-refractivity contribution >= 4 is 45.3 Å². The second-order valence-corrected chi connectivity index (χ2v) is 26.7. The summed E-state index contributed by atoms with van der Waals surface area (Å²) in [5.74, 6) is 0. The molecule has 0 aliphatic heterocycles. The van der Waals surface area contributed by atoms with E-state index in [0.29, 0.717) is 0 Å². The van der Waals surface area contributed by atoms with Crippen LogP contribution in [0.5, 0.6) is 0 Å². The molecule has 5 heteroatoms. The van der Waals surface area contributed by atoms with Crippen LogP contribution in [0.25, 0.3) is 0 Å². The average molecular weight is 586 g/mol. The zero-order valence-corrected chi connectivity index (χ0v) is 24.2. The van der Waals surface area contributed by atoms with E-state index in [1.807, 2.05) is 0 Å². The van der Waals surface area contributed by atoms with Gasteiger partial charge in [0.15, 0.2) is 0 Å². The van der Waals surface area contributed by atoms with Crippen LogP contribution >= 0.6 is 17.8 Å². The van der Waals surface area contributed by atoms with E-state index in [1.54, 1.807) is 0 Å². The fourth-order valence-corrected chi connectivity index (χ4v) is 13.8. The molecule has 4 rings (SSSR count). The van der Waals surface area contributed by atoms with Crippen LogP contribution in [0.4, 0.5) is 11.4 Å². The Morgan fingerprint density at radius 2 is 1.00 bits per heavy atom. The van der Waals surface area contributed by atoms with Crippen molar-refractivity contribution in [2.75, 3.05) is 38.0 Å². The van der Waals surface area contributed by atoms with Gasteiger partial charge in [0.1, 0.15) is 0 Å². The molecule has 2 aliphatic rings. The summed E-state index contributed by atoms with van der Waals surface area (Å²) in [7, 11) is 22.6. The first-order valence-corrected chi connectivity index (χ1v) is 21.9. The molecule has 172 valence electrons. The Labute approximate surface area is 210 Å². The van der Waals surface area contributed by atoms with Crippen LogP contribution in [-0.2, 0) is 12.8 Å². The van der Waals surface area contributed by atoms with Gasteiger partial charge in [-0.05, 0) is 0 Å². The van der Waals surface area contributed by atoms with Gasteiger partial charge < -0.3 is 0 Å². The molecular weight excluding hydrogens is 554 g/mol. The van der Waals surface area contributed by atoms with E-state index in [0.717, 1.165) is 12.8 Å². The Morgan fingerprint density at radius 1 is 0.636 bits per heavy atom. The molecular formula is C28H32Cl2N2Sn. The number of allylic oxidation sites excluding steroid dienone is 8. The topological polar surface area (TPSA) is 6.48 Å². The monoisotopic (exact) mass is 586 g/mol. The fraction of sp³-hybridized carbons (Fsp3) is 0.286. The number of anilines is 2. The van der Waals surface area contributed by atoms with E-state index in [-0.39, 0.29) is 7.87 Å². The summed E-state index contributed by atoms with van der Waals surface area (Å²) in [6, 6.07) is 17.5. The van der Waals surface area contributed by atoms with E-state index in [4.69, 9.17) is 17.8 Å². The molecule has 0 aromatic heterocycles. The van der Waals surface area contributed by atoms with Crippen molar-refractivity contribution in [3.05, 3.63) is 107 Å². The second-order valence-electron chi connectivity index (χ2n) is 9.40. The van der Waals surface area contributed by atoms with E-state index >= 15 is 0 Å². The van der Waals surface area contributed by atoms with Crippen LogP contribution < -0.4 is 9.80 Å². The maximum absolute atomic E-state index is 7.17. The van der Waals surface area contributed by atoms with Gasteiger partial charge in [0.2, 0.25) is 0 Å². The Bertz CT molecular complexity index is 1010. The van der Waals surface area contributed by atoms with Crippen LogP contribution in [0, 0.1) is 0 Å². The van der Waals surface area contributed by atoms with Gasteiger partial charge in [-0.15, -0.1) is 0 Å². The first-order chi connectivity index (χ1) is 15.7. The quantitative estimate of drug-likeness (QED) is 0.301. The van der Waals surface area contributed by atoms with Gasteiger partial charge in [0, 0.05) is 0 Å². The maximum atomic E-state index is 7.17. The summed E-state index contributed by atoms with van der Waals surface area (Å²) < 4.78 is 0.395. The Hall–Kier alpha value is -1.62. The molecule has 2 aromatic carbocycles. The molecule has 0 saturated heterocycles. The van der Waals surface area contributed by atoms with Gasteiger partial charge in [-0.25, -0.2) is 0 Å². The van der Waals surface area contributed by atoms with Gasteiger partial charge in [-0.3, -0.25) is 0 Å². The molecule has 0 amide bonds. The zero-order chi connectivity index (χ0) is 23.6.